The second kappa shape index (κ2) is 11.0. The molecule has 7 nitrogen and oxygen atoms in total. The number of nitrogens with zero attached hydrogens (tertiary/aromatic N) is 1. The summed E-state index contributed by atoms with van der Waals surface area (Å²) in [6.45, 7) is 1.59. The molecule has 154 valence electrons. The van der Waals surface area contributed by atoms with Gasteiger partial charge in [-0.05, 0) is 47.9 Å². The summed E-state index contributed by atoms with van der Waals surface area (Å²) in [5.74, 6) is 1.33. The zero-order valence-corrected chi connectivity index (χ0v) is 17.5. The molecule has 0 fully saturated rings. The zero-order valence-electron chi connectivity index (χ0n) is 16.7. The maximum Gasteiger partial charge on any atom is 0.241 e. The van der Waals surface area contributed by atoms with E-state index in [0.29, 0.717) is 34.1 Å². The Kier molecular flexibility index (Phi) is 9.00. The van der Waals surface area contributed by atoms with Crippen LogP contribution in [-0.2, 0) is 4.79 Å². The van der Waals surface area contributed by atoms with Gasteiger partial charge < -0.3 is 25.3 Å². The van der Waals surface area contributed by atoms with Crippen LogP contribution < -0.4 is 25.3 Å². The van der Waals surface area contributed by atoms with Crippen molar-refractivity contribution in [1.29, 1.82) is 5.26 Å². The van der Waals surface area contributed by atoms with Crippen LogP contribution >= 0.6 is 12.4 Å². The van der Waals surface area contributed by atoms with Crippen LogP contribution in [0.25, 0.3) is 5.57 Å². The topological polar surface area (TPSA) is 107 Å². The quantitative estimate of drug-likeness (QED) is 0.669. The third-order valence-corrected chi connectivity index (χ3v) is 4.05. The molecule has 2 aromatic carbocycles. The lowest BCUT2D eigenvalue weighted by molar-refractivity contribution is -0.117. The first-order chi connectivity index (χ1) is 13.4. The number of anilines is 1. The van der Waals surface area contributed by atoms with Crippen molar-refractivity contribution in [2.75, 3.05) is 26.6 Å². The van der Waals surface area contributed by atoms with Gasteiger partial charge in [0.2, 0.25) is 5.91 Å². The van der Waals surface area contributed by atoms with Gasteiger partial charge in [0.25, 0.3) is 0 Å². The number of benzene rings is 2. The smallest absolute Gasteiger partial charge is 0.241 e. The van der Waals surface area contributed by atoms with Gasteiger partial charge in [0.05, 0.1) is 39.1 Å². The lowest BCUT2D eigenvalue weighted by Crippen LogP contribution is -2.32. The van der Waals surface area contributed by atoms with Gasteiger partial charge in [-0.3, -0.25) is 4.79 Å². The van der Waals surface area contributed by atoms with E-state index < -0.39 is 6.04 Å². The number of hydrogen-bond donors (Lipinski definition) is 2. The molecule has 0 bridgehead atoms. The highest BCUT2D eigenvalue weighted by molar-refractivity contribution is 5.96. The van der Waals surface area contributed by atoms with E-state index >= 15 is 0 Å². The monoisotopic (exact) mass is 417 g/mol. The van der Waals surface area contributed by atoms with Crippen molar-refractivity contribution >= 4 is 29.6 Å². The van der Waals surface area contributed by atoms with Crippen LogP contribution in [0.1, 0.15) is 18.1 Å². The Morgan fingerprint density at radius 1 is 1.07 bits per heavy atom. The van der Waals surface area contributed by atoms with Gasteiger partial charge in [-0.2, -0.15) is 5.26 Å². The highest BCUT2D eigenvalue weighted by atomic mass is 35.5. The predicted molar refractivity (Wildman–Crippen MR) is 115 cm³/mol. The van der Waals surface area contributed by atoms with Crippen LogP contribution in [-0.4, -0.2) is 33.3 Å². The minimum atomic E-state index is -0.676. The summed E-state index contributed by atoms with van der Waals surface area (Å²) in [7, 11) is 4.62. The molecular weight excluding hydrogens is 394 g/mol. The van der Waals surface area contributed by atoms with Crippen molar-refractivity contribution in [1.82, 2.24) is 0 Å². The Hall–Kier alpha value is -3.21. The summed E-state index contributed by atoms with van der Waals surface area (Å²) in [6.07, 6.45) is 1.42. The molecule has 0 aromatic heterocycles. The number of nitriles is 1. The normalized spacial score (nSPS) is 11.5. The van der Waals surface area contributed by atoms with Crippen molar-refractivity contribution < 1.29 is 19.0 Å². The van der Waals surface area contributed by atoms with Crippen molar-refractivity contribution in [3.63, 3.8) is 0 Å². The molecule has 0 aliphatic heterocycles. The molecule has 0 heterocycles. The predicted octanol–water partition coefficient (Wildman–Crippen LogP) is 3.38. The molecular formula is C21H24ClN3O4. The Bertz CT molecular complexity index is 914. The lowest BCUT2D eigenvalue weighted by atomic mass is 9.96. The Morgan fingerprint density at radius 2 is 1.69 bits per heavy atom. The molecule has 0 aliphatic rings. The first-order valence-corrected chi connectivity index (χ1v) is 8.51. The number of carbonyl (C=O) groups excluding carboxylic acids is 1. The fraction of sp³-hybridized carbons (Fsp3) is 0.238. The molecule has 3 N–H and O–H groups in total. The lowest BCUT2D eigenvalue weighted by Gasteiger charge is -2.16. The first-order valence-electron chi connectivity index (χ1n) is 8.51. The van der Waals surface area contributed by atoms with Gasteiger partial charge in [-0.25, -0.2) is 0 Å². The van der Waals surface area contributed by atoms with Gasteiger partial charge in [0.1, 0.15) is 17.2 Å². The summed E-state index contributed by atoms with van der Waals surface area (Å²) < 4.78 is 16.0. The van der Waals surface area contributed by atoms with Gasteiger partial charge in [0, 0.05) is 12.1 Å². The first kappa shape index (κ1) is 23.8. The summed E-state index contributed by atoms with van der Waals surface area (Å²) >= 11 is 0. The van der Waals surface area contributed by atoms with Crippen LogP contribution in [0.15, 0.2) is 42.5 Å². The van der Waals surface area contributed by atoms with E-state index in [1.807, 2.05) is 0 Å². The summed E-state index contributed by atoms with van der Waals surface area (Å²) in [4.78, 5) is 12.0. The standard InChI is InChI=1S/C21H23N3O4.ClH/c1-13(23)21(25)24-19-11-14(5-6-20(19)28-4)18(7-8-22)15-9-16(26-2)12-17(10-15)27-3;/h5-7,9-13H,23H2,1-4H3,(H,24,25);1H/b18-7+;. The van der Waals surface area contributed by atoms with Crippen LogP contribution in [0.5, 0.6) is 17.2 Å². The Balaban J connectivity index is 0.00000420. The number of nitrogens with one attached hydrogen (secondary N) is 1. The van der Waals surface area contributed by atoms with Gasteiger partial charge >= 0.3 is 0 Å². The number of hydrogen-bond acceptors (Lipinski definition) is 6. The Morgan fingerprint density at radius 3 is 2.17 bits per heavy atom. The molecule has 29 heavy (non-hydrogen) atoms. The SMILES string of the molecule is COc1cc(OC)cc(/C(=C/C#N)c2ccc(OC)c(NC(=O)C(C)N)c2)c1.Cl. The van der Waals surface area contributed by atoms with Crippen LogP contribution in [0.3, 0.4) is 0 Å². The third kappa shape index (κ3) is 5.88. The number of halogens is 1. The molecule has 2 rings (SSSR count). The number of amides is 1. The average molecular weight is 418 g/mol. The van der Waals surface area contributed by atoms with E-state index in [9.17, 15) is 10.1 Å². The van der Waals surface area contributed by atoms with Crippen molar-refractivity contribution in [2.45, 2.75) is 13.0 Å². The highest BCUT2D eigenvalue weighted by Crippen LogP contribution is 2.34. The molecule has 0 radical (unpaired) electrons. The number of ether oxygens (including phenoxy) is 3. The van der Waals surface area contributed by atoms with E-state index in [-0.39, 0.29) is 18.3 Å². The largest absolute Gasteiger partial charge is 0.497 e. The molecule has 0 spiro atoms. The summed E-state index contributed by atoms with van der Waals surface area (Å²) in [6, 6.07) is 12.0. The highest BCUT2D eigenvalue weighted by Gasteiger charge is 2.15. The van der Waals surface area contributed by atoms with E-state index in [0.717, 1.165) is 5.56 Å². The van der Waals surface area contributed by atoms with Crippen molar-refractivity contribution in [2.24, 2.45) is 5.73 Å². The minimum Gasteiger partial charge on any atom is -0.497 e. The van der Waals surface area contributed by atoms with E-state index in [4.69, 9.17) is 19.9 Å². The van der Waals surface area contributed by atoms with Crippen LogP contribution in [0.2, 0.25) is 0 Å². The molecule has 1 atom stereocenters. The number of nitrogens with two attached hydrogens (primary N) is 1. The molecule has 8 heteroatoms. The molecule has 2 aromatic rings. The second-order valence-corrected chi connectivity index (χ2v) is 5.98. The maximum atomic E-state index is 12.0. The van der Waals surface area contributed by atoms with Crippen LogP contribution in [0.4, 0.5) is 5.69 Å². The van der Waals surface area contributed by atoms with Gasteiger partial charge in [-0.15, -0.1) is 12.4 Å². The number of rotatable bonds is 7. The van der Waals surface area contributed by atoms with Crippen molar-refractivity contribution in [3.8, 4) is 23.3 Å². The maximum absolute atomic E-state index is 12.0. The summed E-state index contributed by atoms with van der Waals surface area (Å²) in [5, 5.41) is 12.0. The minimum absolute atomic E-state index is 0. The summed E-state index contributed by atoms with van der Waals surface area (Å²) in [5.41, 5.74) is 8.17. The molecule has 0 saturated heterocycles. The molecule has 1 unspecified atom stereocenters. The van der Waals surface area contributed by atoms with Gasteiger partial charge in [-0.1, -0.05) is 6.07 Å². The Labute approximate surface area is 176 Å². The fourth-order valence-electron chi connectivity index (χ4n) is 2.58. The van der Waals surface area contributed by atoms with E-state index in [1.54, 1.807) is 57.5 Å². The zero-order chi connectivity index (χ0) is 20.7. The van der Waals surface area contributed by atoms with E-state index in [2.05, 4.69) is 11.4 Å². The number of methoxy groups -OCH3 is 3. The second-order valence-electron chi connectivity index (χ2n) is 5.98. The molecule has 0 saturated carbocycles. The number of carbonyl (C=O) groups is 1. The molecule has 1 amide bonds. The fourth-order valence-corrected chi connectivity index (χ4v) is 2.58. The number of allylic oxidation sites excluding steroid dienone is 1. The van der Waals surface area contributed by atoms with Gasteiger partial charge in [0.15, 0.2) is 0 Å². The molecule has 0 aliphatic carbocycles. The van der Waals surface area contributed by atoms with E-state index in [1.165, 1.54) is 13.2 Å². The van der Waals surface area contributed by atoms with Crippen LogP contribution in [0, 0.1) is 11.3 Å². The van der Waals surface area contributed by atoms with Crippen molar-refractivity contribution in [3.05, 3.63) is 53.6 Å². The third-order valence-electron chi connectivity index (χ3n) is 4.05. The average Bonchev–Trinajstić information content (AvgIpc) is 2.71.